The molecule has 0 spiro atoms. The molecule has 1 amide bonds. The molecule has 0 aromatic heterocycles. The predicted octanol–water partition coefficient (Wildman–Crippen LogP) is 0.339. The topological polar surface area (TPSA) is 94.9 Å². The Morgan fingerprint density at radius 2 is 1.83 bits per heavy atom. The van der Waals surface area contributed by atoms with Crippen LogP contribution in [0.3, 0.4) is 0 Å². The van der Waals surface area contributed by atoms with E-state index in [0.717, 1.165) is 0 Å². The number of aliphatic hydroxyl groups is 2. The number of carbonyl (C=O) groups is 1. The number of benzene rings is 1. The molecule has 2 fully saturated rings. The molecule has 1 heterocycles. The smallest absolute Gasteiger partial charge is 0.244 e. The molecule has 2 N–H and O–H groups in total. The maximum atomic E-state index is 12.9. The van der Waals surface area contributed by atoms with E-state index in [0.29, 0.717) is 32.2 Å². The number of piperidine rings is 1. The van der Waals surface area contributed by atoms with Gasteiger partial charge in [-0.1, -0.05) is 18.2 Å². The Bertz CT molecular complexity index is 698. The van der Waals surface area contributed by atoms with Crippen LogP contribution >= 0.6 is 0 Å². The third kappa shape index (κ3) is 2.66. The van der Waals surface area contributed by atoms with Crippen LogP contribution < -0.4 is 0 Å². The summed E-state index contributed by atoms with van der Waals surface area (Å²) in [7, 11) is -3.76. The summed E-state index contributed by atoms with van der Waals surface area (Å²) in [5.41, 5.74) is -1.33. The van der Waals surface area contributed by atoms with Gasteiger partial charge in [-0.05, 0) is 37.8 Å². The fraction of sp³-hybridized carbons (Fsp3) is 0.562. The van der Waals surface area contributed by atoms with Crippen molar-refractivity contribution in [3.63, 3.8) is 0 Å². The summed E-state index contributed by atoms with van der Waals surface area (Å²) in [6.45, 7) is -0.0448. The first-order chi connectivity index (χ1) is 10.8. The Balaban J connectivity index is 1.87. The number of β-amino-alcohol motifs (C(OH)–C–C–N with tert-alkyl or cyclic N) is 1. The Labute approximate surface area is 135 Å². The molecule has 1 saturated carbocycles. The average molecular weight is 339 g/mol. The lowest BCUT2D eigenvalue weighted by Gasteiger charge is -2.39. The van der Waals surface area contributed by atoms with Crippen LogP contribution in [0.1, 0.15) is 25.7 Å². The predicted molar refractivity (Wildman–Crippen MR) is 83.4 cm³/mol. The van der Waals surface area contributed by atoms with Crippen LogP contribution in [0.4, 0.5) is 0 Å². The maximum Gasteiger partial charge on any atom is 0.244 e. The highest BCUT2D eigenvalue weighted by Crippen LogP contribution is 2.48. The highest BCUT2D eigenvalue weighted by atomic mass is 32.2. The molecular weight excluding hydrogens is 318 g/mol. The molecule has 3 rings (SSSR count). The minimum Gasteiger partial charge on any atom is -0.393 e. The number of aliphatic hydroxyl groups excluding tert-OH is 1. The minimum atomic E-state index is -3.76. The van der Waals surface area contributed by atoms with Gasteiger partial charge in [-0.3, -0.25) is 4.79 Å². The van der Waals surface area contributed by atoms with Crippen molar-refractivity contribution in [1.82, 2.24) is 4.90 Å². The highest BCUT2D eigenvalue weighted by Gasteiger charge is 2.62. The zero-order valence-electron chi connectivity index (χ0n) is 12.8. The van der Waals surface area contributed by atoms with E-state index < -0.39 is 32.7 Å². The molecule has 23 heavy (non-hydrogen) atoms. The monoisotopic (exact) mass is 339 g/mol. The molecule has 6 nitrogen and oxygen atoms in total. The lowest BCUT2D eigenvalue weighted by atomic mass is 9.93. The quantitative estimate of drug-likeness (QED) is 0.825. The molecule has 0 bridgehead atoms. The van der Waals surface area contributed by atoms with Crippen LogP contribution in [0.15, 0.2) is 35.2 Å². The van der Waals surface area contributed by atoms with E-state index in [-0.39, 0.29) is 11.4 Å². The summed E-state index contributed by atoms with van der Waals surface area (Å²) in [6, 6.07) is 8.01. The first kappa shape index (κ1) is 16.4. The van der Waals surface area contributed by atoms with Crippen molar-refractivity contribution >= 4 is 15.7 Å². The largest absolute Gasteiger partial charge is 0.393 e. The van der Waals surface area contributed by atoms with E-state index in [9.17, 15) is 23.4 Å². The van der Waals surface area contributed by atoms with Crippen molar-refractivity contribution in [2.75, 3.05) is 19.7 Å². The molecule has 1 aromatic rings. The van der Waals surface area contributed by atoms with Gasteiger partial charge in [0.1, 0.15) is 5.60 Å². The van der Waals surface area contributed by atoms with E-state index >= 15 is 0 Å². The molecule has 1 aliphatic carbocycles. The van der Waals surface area contributed by atoms with Gasteiger partial charge in [0.25, 0.3) is 0 Å². The highest BCUT2D eigenvalue weighted by molar-refractivity contribution is 7.94. The van der Waals surface area contributed by atoms with Crippen molar-refractivity contribution < 1.29 is 23.4 Å². The first-order valence-corrected chi connectivity index (χ1v) is 9.25. The second-order valence-corrected chi connectivity index (χ2v) is 8.78. The third-order valence-electron chi connectivity index (χ3n) is 4.80. The Hall–Kier alpha value is -1.44. The van der Waals surface area contributed by atoms with Crippen LogP contribution in [0, 0.1) is 0 Å². The van der Waals surface area contributed by atoms with E-state index in [4.69, 9.17) is 0 Å². The van der Waals surface area contributed by atoms with Gasteiger partial charge in [-0.15, -0.1) is 0 Å². The van der Waals surface area contributed by atoms with E-state index in [1.807, 2.05) is 0 Å². The van der Waals surface area contributed by atoms with Gasteiger partial charge in [0.05, 0.1) is 18.0 Å². The first-order valence-electron chi connectivity index (χ1n) is 7.77. The van der Waals surface area contributed by atoms with Crippen LogP contribution in [0.2, 0.25) is 0 Å². The van der Waals surface area contributed by atoms with Crippen molar-refractivity contribution in [2.45, 2.75) is 40.9 Å². The summed E-state index contributed by atoms with van der Waals surface area (Å²) < 4.78 is 24.3. The van der Waals surface area contributed by atoms with Crippen LogP contribution in [0.5, 0.6) is 0 Å². The van der Waals surface area contributed by atoms with Gasteiger partial charge in [-0.2, -0.15) is 0 Å². The number of likely N-dealkylation sites (tertiary alicyclic amines) is 1. The normalized spacial score (nSPS) is 26.8. The molecule has 0 radical (unpaired) electrons. The van der Waals surface area contributed by atoms with Crippen LogP contribution in [0.25, 0.3) is 0 Å². The van der Waals surface area contributed by atoms with E-state index in [1.165, 1.54) is 17.0 Å². The van der Waals surface area contributed by atoms with Crippen LogP contribution in [-0.4, -0.2) is 59.5 Å². The van der Waals surface area contributed by atoms with Gasteiger partial charge in [0, 0.05) is 6.54 Å². The average Bonchev–Trinajstić information content (AvgIpc) is 3.37. The molecule has 126 valence electrons. The lowest BCUT2D eigenvalue weighted by Crippen LogP contribution is -2.56. The number of carbonyl (C=O) groups excluding carboxylic acids is 1. The molecule has 1 atom stereocenters. The number of sulfone groups is 1. The molecule has 1 unspecified atom stereocenters. The zero-order valence-corrected chi connectivity index (χ0v) is 13.6. The SMILES string of the molecule is O=C(N1CCCC(O)(CO)C1)C1(S(=O)(=O)c2ccccc2)CC1. The number of amides is 1. The fourth-order valence-electron chi connectivity index (χ4n) is 3.24. The summed E-state index contributed by atoms with van der Waals surface area (Å²) in [4.78, 5) is 14.4. The molecule has 7 heteroatoms. The second-order valence-electron chi connectivity index (χ2n) is 6.52. The number of hydrogen-bond donors (Lipinski definition) is 2. The molecule has 2 aliphatic rings. The van der Waals surface area contributed by atoms with E-state index in [1.54, 1.807) is 18.2 Å². The fourth-order valence-corrected chi connectivity index (χ4v) is 5.20. The zero-order chi connectivity index (χ0) is 16.7. The third-order valence-corrected chi connectivity index (χ3v) is 7.30. The maximum absolute atomic E-state index is 12.9. The van der Waals surface area contributed by atoms with Crippen molar-refractivity contribution in [1.29, 1.82) is 0 Å². The number of rotatable bonds is 4. The minimum absolute atomic E-state index is 0.0195. The van der Waals surface area contributed by atoms with Gasteiger partial charge in [0.2, 0.25) is 5.91 Å². The standard InChI is InChI=1S/C16H21NO5S/c18-12-15(20)7-4-10-17(11-15)14(19)16(8-9-16)23(21,22)13-5-2-1-3-6-13/h1-3,5-6,18,20H,4,7-12H2. The Morgan fingerprint density at radius 3 is 2.39 bits per heavy atom. The lowest BCUT2D eigenvalue weighted by molar-refractivity contribution is -0.141. The molecule has 1 aliphatic heterocycles. The van der Waals surface area contributed by atoms with Crippen molar-refractivity contribution in [3.8, 4) is 0 Å². The van der Waals surface area contributed by atoms with Gasteiger partial charge >= 0.3 is 0 Å². The van der Waals surface area contributed by atoms with E-state index in [2.05, 4.69) is 0 Å². The Morgan fingerprint density at radius 1 is 1.17 bits per heavy atom. The Kier molecular flexibility index (Phi) is 3.98. The molecule has 1 aromatic carbocycles. The van der Waals surface area contributed by atoms with Crippen molar-refractivity contribution in [2.24, 2.45) is 0 Å². The van der Waals surface area contributed by atoms with Gasteiger partial charge in [-0.25, -0.2) is 8.42 Å². The molecule has 1 saturated heterocycles. The summed E-state index contributed by atoms with van der Waals surface area (Å²) in [5.74, 6) is -0.451. The molecular formula is C16H21NO5S. The summed E-state index contributed by atoms with van der Waals surface area (Å²) >= 11 is 0. The van der Waals surface area contributed by atoms with Gasteiger partial charge in [0.15, 0.2) is 14.6 Å². The van der Waals surface area contributed by atoms with Gasteiger partial charge < -0.3 is 15.1 Å². The van der Waals surface area contributed by atoms with Crippen LogP contribution in [-0.2, 0) is 14.6 Å². The summed E-state index contributed by atoms with van der Waals surface area (Å²) in [5, 5.41) is 19.5. The summed E-state index contributed by atoms with van der Waals surface area (Å²) in [6.07, 6.45) is 1.56. The number of nitrogens with zero attached hydrogens (tertiary/aromatic N) is 1. The second kappa shape index (κ2) is 5.58. The number of hydrogen-bond acceptors (Lipinski definition) is 5. The van der Waals surface area contributed by atoms with Crippen molar-refractivity contribution in [3.05, 3.63) is 30.3 Å².